The molecule has 0 radical (unpaired) electrons. The van der Waals surface area contributed by atoms with Gasteiger partial charge >= 0.3 is 0 Å². The van der Waals surface area contributed by atoms with E-state index in [9.17, 15) is 9.59 Å². The van der Waals surface area contributed by atoms with Crippen LogP contribution in [-0.2, 0) is 6.42 Å². The van der Waals surface area contributed by atoms with Crippen LogP contribution < -0.4 is 15.5 Å². The molecule has 0 atom stereocenters. The van der Waals surface area contributed by atoms with E-state index in [0.29, 0.717) is 17.8 Å². The first-order valence-corrected chi connectivity index (χ1v) is 10.8. The molecule has 0 saturated carbocycles. The van der Waals surface area contributed by atoms with Crippen LogP contribution in [0.3, 0.4) is 0 Å². The van der Waals surface area contributed by atoms with E-state index in [1.807, 2.05) is 30.3 Å². The molecular formula is C25H27N3O3. The van der Waals surface area contributed by atoms with Crippen LogP contribution in [0.25, 0.3) is 0 Å². The minimum absolute atomic E-state index is 0.134. The van der Waals surface area contributed by atoms with E-state index in [1.165, 1.54) is 18.2 Å². The third kappa shape index (κ3) is 5.34. The van der Waals surface area contributed by atoms with Crippen molar-refractivity contribution >= 4 is 23.2 Å². The zero-order valence-corrected chi connectivity index (χ0v) is 17.5. The van der Waals surface area contributed by atoms with E-state index >= 15 is 0 Å². The van der Waals surface area contributed by atoms with Crippen molar-refractivity contribution in [2.24, 2.45) is 0 Å². The van der Waals surface area contributed by atoms with Crippen molar-refractivity contribution in [2.45, 2.75) is 25.7 Å². The lowest BCUT2D eigenvalue weighted by Gasteiger charge is -2.30. The van der Waals surface area contributed by atoms with Crippen LogP contribution in [0.15, 0.2) is 71.3 Å². The van der Waals surface area contributed by atoms with Crippen LogP contribution in [0.4, 0.5) is 11.4 Å². The number of rotatable bonds is 7. The Morgan fingerprint density at radius 1 is 0.903 bits per heavy atom. The van der Waals surface area contributed by atoms with Gasteiger partial charge in [-0.3, -0.25) is 9.59 Å². The Morgan fingerprint density at radius 2 is 1.71 bits per heavy atom. The van der Waals surface area contributed by atoms with Crippen molar-refractivity contribution in [3.63, 3.8) is 0 Å². The average molecular weight is 418 g/mol. The molecule has 2 aromatic carbocycles. The lowest BCUT2D eigenvalue weighted by Crippen LogP contribution is -2.33. The molecule has 6 heteroatoms. The highest BCUT2D eigenvalue weighted by molar-refractivity contribution is 6.05. The number of hydrogen-bond acceptors (Lipinski definition) is 4. The van der Waals surface area contributed by atoms with Gasteiger partial charge in [0.05, 0.1) is 11.8 Å². The fourth-order valence-electron chi connectivity index (χ4n) is 3.87. The Kier molecular flexibility index (Phi) is 6.67. The van der Waals surface area contributed by atoms with Gasteiger partial charge in [0.1, 0.15) is 0 Å². The summed E-state index contributed by atoms with van der Waals surface area (Å²) in [5.74, 6) is -0.245. The molecular weight excluding hydrogens is 390 g/mol. The number of benzene rings is 2. The molecule has 2 N–H and O–H groups in total. The van der Waals surface area contributed by atoms with Crippen molar-refractivity contribution in [1.29, 1.82) is 0 Å². The molecule has 1 aromatic heterocycles. The highest BCUT2D eigenvalue weighted by atomic mass is 16.3. The highest BCUT2D eigenvalue weighted by Gasteiger charge is 2.20. The van der Waals surface area contributed by atoms with E-state index < -0.39 is 0 Å². The van der Waals surface area contributed by atoms with Crippen molar-refractivity contribution in [3.8, 4) is 0 Å². The van der Waals surface area contributed by atoms with Gasteiger partial charge in [-0.25, -0.2) is 0 Å². The van der Waals surface area contributed by atoms with E-state index in [1.54, 1.807) is 18.2 Å². The summed E-state index contributed by atoms with van der Waals surface area (Å²) in [4.78, 5) is 27.7. The quantitative estimate of drug-likeness (QED) is 0.594. The summed E-state index contributed by atoms with van der Waals surface area (Å²) in [6.07, 6.45) is 5.67. The lowest BCUT2D eigenvalue weighted by atomic mass is 10.1. The van der Waals surface area contributed by atoms with Crippen molar-refractivity contribution in [1.82, 2.24) is 5.32 Å². The zero-order valence-electron chi connectivity index (χ0n) is 17.5. The van der Waals surface area contributed by atoms with Crippen LogP contribution in [0, 0.1) is 0 Å². The summed E-state index contributed by atoms with van der Waals surface area (Å²) < 4.78 is 5.16. The highest BCUT2D eigenvalue weighted by Crippen LogP contribution is 2.27. The molecule has 1 aliphatic heterocycles. The van der Waals surface area contributed by atoms with Crippen LogP contribution in [0.2, 0.25) is 0 Å². The molecule has 31 heavy (non-hydrogen) atoms. The van der Waals surface area contributed by atoms with Gasteiger partial charge in [-0.15, -0.1) is 0 Å². The molecule has 0 bridgehead atoms. The summed E-state index contributed by atoms with van der Waals surface area (Å²) in [7, 11) is 0. The third-order valence-corrected chi connectivity index (χ3v) is 5.48. The first-order valence-electron chi connectivity index (χ1n) is 10.8. The van der Waals surface area contributed by atoms with Crippen LogP contribution in [0.5, 0.6) is 0 Å². The Bertz CT molecular complexity index is 1010. The van der Waals surface area contributed by atoms with Gasteiger partial charge in [0.15, 0.2) is 5.76 Å². The van der Waals surface area contributed by atoms with Gasteiger partial charge in [-0.2, -0.15) is 0 Å². The predicted molar refractivity (Wildman–Crippen MR) is 122 cm³/mol. The van der Waals surface area contributed by atoms with Gasteiger partial charge in [0, 0.05) is 31.0 Å². The monoisotopic (exact) mass is 417 g/mol. The van der Waals surface area contributed by atoms with Gasteiger partial charge in [0.2, 0.25) is 0 Å². The third-order valence-electron chi connectivity index (χ3n) is 5.48. The molecule has 2 amide bonds. The average Bonchev–Trinajstić information content (AvgIpc) is 3.35. The Morgan fingerprint density at radius 3 is 2.45 bits per heavy atom. The molecule has 1 saturated heterocycles. The first kappa shape index (κ1) is 20.7. The van der Waals surface area contributed by atoms with Gasteiger partial charge in [-0.05, 0) is 61.6 Å². The van der Waals surface area contributed by atoms with E-state index in [-0.39, 0.29) is 17.6 Å². The maximum absolute atomic E-state index is 13.1. The topological polar surface area (TPSA) is 74.6 Å². The second-order valence-corrected chi connectivity index (χ2v) is 7.70. The molecule has 3 aromatic rings. The normalized spacial score (nSPS) is 13.6. The van der Waals surface area contributed by atoms with Crippen LogP contribution in [-0.4, -0.2) is 31.4 Å². The zero-order chi connectivity index (χ0) is 21.5. The van der Waals surface area contributed by atoms with Crippen LogP contribution in [0.1, 0.15) is 45.7 Å². The standard InChI is InChI=1S/C25H27N3O3/c29-24(26-14-13-19-8-3-1-4-9-19)21-18-20(27-25(30)23-10-7-17-31-23)11-12-22(21)28-15-5-2-6-16-28/h1,3-4,7-12,17-18H,2,5-6,13-16H2,(H,26,29)(H,27,30). The number of anilines is 2. The largest absolute Gasteiger partial charge is 0.459 e. The fourth-order valence-corrected chi connectivity index (χ4v) is 3.87. The molecule has 1 fully saturated rings. The molecule has 0 unspecified atom stereocenters. The smallest absolute Gasteiger partial charge is 0.291 e. The first-order chi connectivity index (χ1) is 15.2. The number of nitrogens with one attached hydrogen (secondary N) is 2. The van der Waals surface area contributed by atoms with Gasteiger partial charge < -0.3 is 20.0 Å². The fraction of sp³-hybridized carbons (Fsp3) is 0.280. The minimum Gasteiger partial charge on any atom is -0.459 e. The summed E-state index contributed by atoms with van der Waals surface area (Å²) >= 11 is 0. The maximum Gasteiger partial charge on any atom is 0.291 e. The Labute approximate surface area is 182 Å². The number of furan rings is 1. The molecule has 1 aliphatic rings. The molecule has 0 spiro atoms. The number of hydrogen-bond donors (Lipinski definition) is 2. The maximum atomic E-state index is 13.1. The molecule has 4 rings (SSSR count). The Balaban J connectivity index is 1.51. The predicted octanol–water partition coefficient (Wildman–Crippen LogP) is 4.49. The molecule has 160 valence electrons. The van der Waals surface area contributed by atoms with Crippen molar-refractivity contribution in [3.05, 3.63) is 83.8 Å². The number of amides is 2. The second-order valence-electron chi connectivity index (χ2n) is 7.70. The van der Waals surface area contributed by atoms with Crippen molar-refractivity contribution < 1.29 is 14.0 Å². The molecule has 2 heterocycles. The lowest BCUT2D eigenvalue weighted by molar-refractivity contribution is 0.0952. The summed E-state index contributed by atoms with van der Waals surface area (Å²) in [5, 5.41) is 5.86. The van der Waals surface area contributed by atoms with E-state index in [0.717, 1.165) is 38.0 Å². The number of carbonyl (C=O) groups excluding carboxylic acids is 2. The van der Waals surface area contributed by atoms with Crippen LogP contribution >= 0.6 is 0 Å². The summed E-state index contributed by atoms with van der Waals surface area (Å²) in [6, 6.07) is 18.9. The second kappa shape index (κ2) is 9.98. The molecule has 6 nitrogen and oxygen atoms in total. The van der Waals surface area contributed by atoms with Gasteiger partial charge in [-0.1, -0.05) is 30.3 Å². The number of nitrogens with zero attached hydrogens (tertiary/aromatic N) is 1. The van der Waals surface area contributed by atoms with E-state index in [4.69, 9.17) is 4.42 Å². The SMILES string of the molecule is O=C(Nc1ccc(N2CCCCC2)c(C(=O)NCCc2ccccc2)c1)c1ccco1. The summed E-state index contributed by atoms with van der Waals surface area (Å²) in [5.41, 5.74) is 3.23. The molecule has 0 aliphatic carbocycles. The van der Waals surface area contributed by atoms with Gasteiger partial charge in [0.25, 0.3) is 11.8 Å². The van der Waals surface area contributed by atoms with E-state index in [2.05, 4.69) is 27.7 Å². The Hall–Kier alpha value is -3.54. The minimum atomic E-state index is -0.342. The number of carbonyl (C=O) groups is 2. The van der Waals surface area contributed by atoms with Crippen molar-refractivity contribution in [2.75, 3.05) is 29.9 Å². The number of piperidine rings is 1. The summed E-state index contributed by atoms with van der Waals surface area (Å²) in [6.45, 7) is 2.41.